The lowest BCUT2D eigenvalue weighted by Gasteiger charge is -2.23. The highest BCUT2D eigenvalue weighted by atomic mass is 16.6. The minimum absolute atomic E-state index is 0.358. The highest BCUT2D eigenvalue weighted by molar-refractivity contribution is 6.03. The van der Waals surface area contributed by atoms with Crippen molar-refractivity contribution in [1.82, 2.24) is 0 Å². The quantitative estimate of drug-likeness (QED) is 0.815. The van der Waals surface area contributed by atoms with Crippen molar-refractivity contribution in [2.75, 3.05) is 7.11 Å². The number of fused-ring (bicyclic) bond motifs is 5. The molecule has 0 saturated heterocycles. The molecule has 3 nitrogen and oxygen atoms in total. The van der Waals surface area contributed by atoms with Gasteiger partial charge in [0.2, 0.25) is 0 Å². The maximum atomic E-state index is 5.73. The van der Waals surface area contributed by atoms with E-state index < -0.39 is 0 Å². The predicted molar refractivity (Wildman–Crippen MR) is 73.5 cm³/mol. The average molecular weight is 257 g/mol. The zero-order valence-electron chi connectivity index (χ0n) is 11.4. The third-order valence-electron chi connectivity index (χ3n) is 5.12. The molecule has 0 aromatic heterocycles. The van der Waals surface area contributed by atoms with Crippen LogP contribution in [0.5, 0.6) is 5.75 Å². The third kappa shape index (κ3) is 1.54. The minimum atomic E-state index is 0.358. The number of aryl methyl sites for hydroxylation is 1. The molecule has 2 fully saturated rings. The van der Waals surface area contributed by atoms with Crippen molar-refractivity contribution in [3.05, 3.63) is 29.3 Å². The van der Waals surface area contributed by atoms with Crippen LogP contribution in [0.15, 0.2) is 23.4 Å². The van der Waals surface area contributed by atoms with E-state index in [0.29, 0.717) is 12.0 Å². The molecule has 3 aliphatic rings. The molecule has 0 N–H and O–H groups in total. The molecule has 4 rings (SSSR count). The number of ether oxygens (including phenoxy) is 1. The molecule has 2 aliphatic carbocycles. The van der Waals surface area contributed by atoms with Gasteiger partial charge in [-0.25, -0.2) is 0 Å². The first-order valence-corrected chi connectivity index (χ1v) is 7.16. The average Bonchev–Trinajstić information content (AvgIpc) is 3.11. The SMILES string of the molecule is COc1ccc(C2=NOC3C4CCC(C4)C23)cc1C. The van der Waals surface area contributed by atoms with Crippen LogP contribution in [0.2, 0.25) is 0 Å². The third-order valence-corrected chi connectivity index (χ3v) is 5.12. The Labute approximate surface area is 113 Å². The summed E-state index contributed by atoms with van der Waals surface area (Å²) >= 11 is 0. The summed E-state index contributed by atoms with van der Waals surface area (Å²) in [7, 11) is 1.71. The maximum Gasteiger partial charge on any atom is 0.139 e. The number of hydrogen-bond acceptors (Lipinski definition) is 3. The van der Waals surface area contributed by atoms with Crippen molar-refractivity contribution in [1.29, 1.82) is 0 Å². The molecule has 1 aromatic carbocycles. The van der Waals surface area contributed by atoms with Crippen LogP contribution >= 0.6 is 0 Å². The van der Waals surface area contributed by atoms with Crippen LogP contribution in [0.3, 0.4) is 0 Å². The lowest BCUT2D eigenvalue weighted by molar-refractivity contribution is 0.0275. The summed E-state index contributed by atoms with van der Waals surface area (Å²) in [6.45, 7) is 2.08. The maximum absolute atomic E-state index is 5.73. The molecule has 2 bridgehead atoms. The van der Waals surface area contributed by atoms with E-state index in [9.17, 15) is 0 Å². The Bertz CT molecular complexity index is 552. The van der Waals surface area contributed by atoms with Gasteiger partial charge in [0.05, 0.1) is 12.8 Å². The summed E-state index contributed by atoms with van der Waals surface area (Å²) in [5.74, 6) is 3.01. The van der Waals surface area contributed by atoms with Crippen LogP contribution in [0.25, 0.3) is 0 Å². The number of rotatable bonds is 2. The van der Waals surface area contributed by atoms with E-state index in [1.165, 1.54) is 30.5 Å². The van der Waals surface area contributed by atoms with Gasteiger partial charge < -0.3 is 9.57 Å². The number of methoxy groups -OCH3 is 1. The monoisotopic (exact) mass is 257 g/mol. The normalized spacial score (nSPS) is 34.9. The van der Waals surface area contributed by atoms with Crippen molar-refractivity contribution < 1.29 is 9.57 Å². The fourth-order valence-electron chi connectivity index (χ4n) is 4.23. The molecule has 1 heterocycles. The molecule has 3 heteroatoms. The summed E-state index contributed by atoms with van der Waals surface area (Å²) in [4.78, 5) is 5.73. The number of benzene rings is 1. The smallest absolute Gasteiger partial charge is 0.139 e. The Kier molecular flexibility index (Phi) is 2.38. The first-order chi connectivity index (χ1) is 9.28. The molecular weight excluding hydrogens is 238 g/mol. The van der Waals surface area contributed by atoms with E-state index in [-0.39, 0.29) is 0 Å². The van der Waals surface area contributed by atoms with Gasteiger partial charge in [-0.1, -0.05) is 5.16 Å². The van der Waals surface area contributed by atoms with Crippen molar-refractivity contribution in [3.63, 3.8) is 0 Å². The second-order valence-corrected chi connectivity index (χ2v) is 6.09. The van der Waals surface area contributed by atoms with E-state index in [0.717, 1.165) is 23.1 Å². The number of nitrogens with zero attached hydrogens (tertiary/aromatic N) is 1. The van der Waals surface area contributed by atoms with E-state index >= 15 is 0 Å². The second kappa shape index (κ2) is 3.99. The highest BCUT2D eigenvalue weighted by Gasteiger charge is 2.54. The van der Waals surface area contributed by atoms with E-state index in [1.807, 2.05) is 6.07 Å². The van der Waals surface area contributed by atoms with Crippen LogP contribution in [0.4, 0.5) is 0 Å². The van der Waals surface area contributed by atoms with Crippen LogP contribution in [0, 0.1) is 24.7 Å². The molecule has 4 atom stereocenters. The topological polar surface area (TPSA) is 30.8 Å². The van der Waals surface area contributed by atoms with Gasteiger partial charge in [-0.3, -0.25) is 0 Å². The van der Waals surface area contributed by atoms with Gasteiger partial charge >= 0.3 is 0 Å². The van der Waals surface area contributed by atoms with Crippen molar-refractivity contribution in [3.8, 4) is 5.75 Å². The van der Waals surface area contributed by atoms with Gasteiger partial charge in [-0.2, -0.15) is 0 Å². The molecule has 2 saturated carbocycles. The first-order valence-electron chi connectivity index (χ1n) is 7.16. The Hall–Kier alpha value is -1.51. The zero-order chi connectivity index (χ0) is 13.0. The molecule has 4 unspecified atom stereocenters. The highest BCUT2D eigenvalue weighted by Crippen LogP contribution is 2.53. The molecule has 0 radical (unpaired) electrons. The second-order valence-electron chi connectivity index (χ2n) is 6.09. The van der Waals surface area contributed by atoms with Gasteiger partial charge in [0.1, 0.15) is 11.9 Å². The summed E-state index contributed by atoms with van der Waals surface area (Å²) in [5, 5.41) is 4.40. The molecule has 1 aromatic rings. The summed E-state index contributed by atoms with van der Waals surface area (Å²) in [6.07, 6.45) is 4.37. The molecule has 0 spiro atoms. The lowest BCUT2D eigenvalue weighted by atomic mass is 9.81. The van der Waals surface area contributed by atoms with Crippen LogP contribution < -0.4 is 4.74 Å². The van der Waals surface area contributed by atoms with Crippen molar-refractivity contribution in [2.24, 2.45) is 22.9 Å². The Balaban J connectivity index is 1.68. The minimum Gasteiger partial charge on any atom is -0.496 e. The van der Waals surface area contributed by atoms with Gasteiger partial charge in [0, 0.05) is 11.5 Å². The molecule has 0 amide bonds. The van der Waals surface area contributed by atoms with Gasteiger partial charge in [0.15, 0.2) is 0 Å². The standard InChI is InChI=1S/C16H19NO2/c1-9-7-11(5-6-13(9)18-2)15-14-10-3-4-12(8-10)16(14)19-17-15/h5-7,10,12,14,16H,3-4,8H2,1-2H3. The molecule has 19 heavy (non-hydrogen) atoms. The van der Waals surface area contributed by atoms with E-state index in [4.69, 9.17) is 9.57 Å². The van der Waals surface area contributed by atoms with Crippen molar-refractivity contribution >= 4 is 5.71 Å². The van der Waals surface area contributed by atoms with Gasteiger partial charge in [-0.15, -0.1) is 0 Å². The van der Waals surface area contributed by atoms with Gasteiger partial charge in [-0.05, 0) is 61.8 Å². The van der Waals surface area contributed by atoms with Gasteiger partial charge in [0.25, 0.3) is 0 Å². The Morgan fingerprint density at radius 2 is 2.11 bits per heavy atom. The zero-order valence-corrected chi connectivity index (χ0v) is 11.4. The largest absolute Gasteiger partial charge is 0.496 e. The molecule has 100 valence electrons. The predicted octanol–water partition coefficient (Wildman–Crippen LogP) is 3.15. The molecular formula is C16H19NO2. The number of hydrogen-bond donors (Lipinski definition) is 0. The van der Waals surface area contributed by atoms with E-state index in [2.05, 4.69) is 24.2 Å². The van der Waals surface area contributed by atoms with E-state index in [1.54, 1.807) is 7.11 Å². The Morgan fingerprint density at radius 1 is 1.26 bits per heavy atom. The van der Waals surface area contributed by atoms with Crippen molar-refractivity contribution in [2.45, 2.75) is 32.3 Å². The first kappa shape index (κ1) is 11.3. The molecule has 1 aliphatic heterocycles. The van der Waals surface area contributed by atoms with Crippen LogP contribution in [0.1, 0.15) is 30.4 Å². The Morgan fingerprint density at radius 3 is 2.89 bits per heavy atom. The fourth-order valence-corrected chi connectivity index (χ4v) is 4.23. The summed E-state index contributed by atoms with van der Waals surface area (Å²) < 4.78 is 5.33. The lowest BCUT2D eigenvalue weighted by Crippen LogP contribution is -2.29. The number of oxime groups is 1. The summed E-state index contributed by atoms with van der Waals surface area (Å²) in [6, 6.07) is 6.32. The fraction of sp³-hybridized carbons (Fsp3) is 0.562. The summed E-state index contributed by atoms with van der Waals surface area (Å²) in [5.41, 5.74) is 3.54. The van der Waals surface area contributed by atoms with Crippen LogP contribution in [-0.4, -0.2) is 18.9 Å². The van der Waals surface area contributed by atoms with Crippen LogP contribution in [-0.2, 0) is 4.84 Å².